The molecule has 1 aromatic heterocycles. The van der Waals surface area contributed by atoms with Crippen molar-refractivity contribution in [2.45, 2.75) is 75.7 Å². The molecule has 5 N–H and O–H groups in total. The Morgan fingerprint density at radius 1 is 0.745 bits per heavy atom. The van der Waals surface area contributed by atoms with Crippen LogP contribution in [0, 0.1) is 5.92 Å². The Balaban J connectivity index is 0.983. The highest BCUT2D eigenvalue weighted by molar-refractivity contribution is 5.94. The Hall–Kier alpha value is -5.29. The summed E-state index contributed by atoms with van der Waals surface area (Å²) in [7, 11) is 0. The number of benzene rings is 3. The zero-order chi connectivity index (χ0) is 35.5. The molecular weight excluding hydrogens is 642 g/mol. The molecule has 3 aromatic carbocycles. The predicted molar refractivity (Wildman–Crippen MR) is 192 cm³/mol. The fourth-order valence-electron chi connectivity index (χ4n) is 7.30. The van der Waals surface area contributed by atoms with Crippen LogP contribution in [0.2, 0.25) is 0 Å². The first-order valence-electron chi connectivity index (χ1n) is 18.0. The Labute approximate surface area is 298 Å². The summed E-state index contributed by atoms with van der Waals surface area (Å²) >= 11 is 0. The number of nitrogens with two attached hydrogens (primary N) is 1. The molecule has 4 aromatic rings. The van der Waals surface area contributed by atoms with Gasteiger partial charge in [-0.05, 0) is 67.7 Å². The molecule has 1 saturated carbocycles. The molecule has 2 saturated heterocycles. The summed E-state index contributed by atoms with van der Waals surface area (Å²) in [5.41, 5.74) is 10.5. The standard InChI is InChI=1S/C40H45N7O4/c1-25(43-38(49)33-15-9-23-47(33)40(51)35(29-12-6-3-7-13-29)45-37(48)30-20-21-30)26-16-18-27(19-17-26)31-24-42-36(44-31)32-14-8-22-46(32)39(50)34(41)28-10-4-2-5-11-28/h2-7,10-13,16-19,24-25,30,32-35H,8-9,14-15,20-23,41H2,1H3,(H,42,44)(H,43,49)(H,45,48)/t25-,32-,33-,34+,35+/m0/s1. The second-order valence-corrected chi connectivity index (χ2v) is 13.9. The number of H-pyrrole nitrogens is 1. The van der Waals surface area contributed by atoms with E-state index in [1.807, 2.05) is 96.8 Å². The van der Waals surface area contributed by atoms with E-state index >= 15 is 0 Å². The van der Waals surface area contributed by atoms with Gasteiger partial charge in [-0.15, -0.1) is 0 Å². The minimum atomic E-state index is -0.829. The van der Waals surface area contributed by atoms with Gasteiger partial charge in [-0.2, -0.15) is 0 Å². The molecule has 4 amide bonds. The Morgan fingerprint density at radius 2 is 1.39 bits per heavy atom. The third kappa shape index (κ3) is 7.44. The minimum Gasteiger partial charge on any atom is -0.348 e. The van der Waals surface area contributed by atoms with Gasteiger partial charge in [-0.3, -0.25) is 19.2 Å². The number of aromatic nitrogens is 2. The molecule has 51 heavy (non-hydrogen) atoms. The number of likely N-dealkylation sites (tertiary alicyclic amines) is 2. The monoisotopic (exact) mass is 687 g/mol. The van der Waals surface area contributed by atoms with Crippen LogP contribution in [0.1, 0.15) is 92.1 Å². The first-order valence-corrected chi connectivity index (χ1v) is 18.0. The quantitative estimate of drug-likeness (QED) is 0.176. The normalized spacial score (nSPS) is 20.4. The maximum atomic E-state index is 13.9. The molecule has 7 rings (SSSR count). The van der Waals surface area contributed by atoms with Crippen LogP contribution in [0.4, 0.5) is 0 Å². The van der Waals surface area contributed by atoms with Crippen molar-refractivity contribution in [3.05, 3.63) is 114 Å². The molecule has 0 bridgehead atoms. The molecule has 11 nitrogen and oxygen atoms in total. The number of hydrogen-bond donors (Lipinski definition) is 4. The van der Waals surface area contributed by atoms with Gasteiger partial charge in [0.2, 0.25) is 23.6 Å². The van der Waals surface area contributed by atoms with Crippen molar-refractivity contribution in [1.29, 1.82) is 0 Å². The molecule has 0 radical (unpaired) electrons. The lowest BCUT2D eigenvalue weighted by atomic mass is 10.0. The van der Waals surface area contributed by atoms with E-state index in [-0.39, 0.29) is 41.6 Å². The summed E-state index contributed by atoms with van der Waals surface area (Å²) in [4.78, 5) is 65.1. The number of nitrogens with one attached hydrogen (secondary N) is 3. The van der Waals surface area contributed by atoms with E-state index in [4.69, 9.17) is 5.73 Å². The summed E-state index contributed by atoms with van der Waals surface area (Å²) in [5.74, 6) is 0.00954. The van der Waals surface area contributed by atoms with Gasteiger partial charge in [0, 0.05) is 19.0 Å². The molecule has 264 valence electrons. The molecule has 3 aliphatic rings. The smallest absolute Gasteiger partial charge is 0.250 e. The van der Waals surface area contributed by atoms with Gasteiger partial charge in [0.15, 0.2) is 0 Å². The van der Waals surface area contributed by atoms with Crippen LogP contribution in [-0.2, 0) is 19.2 Å². The van der Waals surface area contributed by atoms with Crippen molar-refractivity contribution in [3.63, 3.8) is 0 Å². The second-order valence-electron chi connectivity index (χ2n) is 13.9. The van der Waals surface area contributed by atoms with Crippen molar-refractivity contribution in [3.8, 4) is 11.3 Å². The number of carbonyl (C=O) groups is 4. The zero-order valence-corrected chi connectivity index (χ0v) is 28.8. The molecule has 2 aliphatic heterocycles. The highest BCUT2D eigenvalue weighted by Gasteiger charge is 2.40. The maximum absolute atomic E-state index is 13.9. The number of imidazole rings is 1. The Bertz CT molecular complexity index is 1860. The van der Waals surface area contributed by atoms with Crippen LogP contribution in [0.3, 0.4) is 0 Å². The first-order chi connectivity index (χ1) is 24.8. The van der Waals surface area contributed by atoms with Gasteiger partial charge in [-0.25, -0.2) is 4.98 Å². The molecule has 3 fully saturated rings. The van der Waals surface area contributed by atoms with Crippen molar-refractivity contribution in [1.82, 2.24) is 30.4 Å². The van der Waals surface area contributed by atoms with Crippen LogP contribution in [0.25, 0.3) is 11.3 Å². The number of amides is 4. The van der Waals surface area contributed by atoms with Gasteiger partial charge in [-0.1, -0.05) is 84.9 Å². The Kier molecular flexibility index (Phi) is 9.99. The van der Waals surface area contributed by atoms with E-state index in [2.05, 4.69) is 20.6 Å². The van der Waals surface area contributed by atoms with E-state index in [1.165, 1.54) is 0 Å². The van der Waals surface area contributed by atoms with Crippen LogP contribution >= 0.6 is 0 Å². The van der Waals surface area contributed by atoms with E-state index in [9.17, 15) is 19.2 Å². The van der Waals surface area contributed by atoms with Gasteiger partial charge in [0.25, 0.3) is 0 Å². The third-order valence-corrected chi connectivity index (χ3v) is 10.4. The summed E-state index contributed by atoms with van der Waals surface area (Å²) in [6.07, 6.45) is 6.42. The van der Waals surface area contributed by atoms with Crippen LogP contribution in [0.15, 0.2) is 91.1 Å². The topological polar surface area (TPSA) is 154 Å². The summed E-state index contributed by atoms with van der Waals surface area (Å²) < 4.78 is 0. The summed E-state index contributed by atoms with van der Waals surface area (Å²) in [6, 6.07) is 23.9. The number of rotatable bonds is 11. The average molecular weight is 688 g/mol. The zero-order valence-electron chi connectivity index (χ0n) is 28.8. The summed E-state index contributed by atoms with van der Waals surface area (Å²) in [6.45, 7) is 3.02. The molecule has 0 unspecified atom stereocenters. The first kappa shape index (κ1) is 34.2. The van der Waals surface area contributed by atoms with Crippen LogP contribution < -0.4 is 16.4 Å². The third-order valence-electron chi connectivity index (χ3n) is 10.4. The molecule has 0 spiro atoms. The maximum Gasteiger partial charge on any atom is 0.250 e. The highest BCUT2D eigenvalue weighted by Crippen LogP contribution is 2.34. The van der Waals surface area contributed by atoms with E-state index in [0.29, 0.717) is 31.5 Å². The molecule has 3 heterocycles. The second kappa shape index (κ2) is 14.9. The van der Waals surface area contributed by atoms with Gasteiger partial charge in [0.1, 0.15) is 23.9 Å². The van der Waals surface area contributed by atoms with Gasteiger partial charge >= 0.3 is 0 Å². The number of hydrogen-bond acceptors (Lipinski definition) is 6. The molecule has 5 atom stereocenters. The fraction of sp³-hybridized carbons (Fsp3) is 0.375. The minimum absolute atomic E-state index is 0.0396. The SMILES string of the molecule is C[C@H](NC(=O)[C@@H]1CCCN1C(=O)[C@H](NC(=O)C1CC1)c1ccccc1)c1ccc(-c2cnc([C@@H]3CCCN3C(=O)[C@H](N)c3ccccc3)[nH]2)cc1. The Morgan fingerprint density at radius 3 is 2.08 bits per heavy atom. The van der Waals surface area contributed by atoms with E-state index in [0.717, 1.165) is 53.9 Å². The van der Waals surface area contributed by atoms with Gasteiger partial charge < -0.3 is 31.2 Å². The van der Waals surface area contributed by atoms with Gasteiger partial charge in [0.05, 0.1) is 24.0 Å². The lowest BCUT2D eigenvalue weighted by Gasteiger charge is -2.30. The van der Waals surface area contributed by atoms with Crippen LogP contribution in [-0.4, -0.2) is 62.5 Å². The fourth-order valence-corrected chi connectivity index (χ4v) is 7.30. The lowest BCUT2D eigenvalue weighted by Crippen LogP contribution is -2.50. The van der Waals surface area contributed by atoms with Crippen molar-refractivity contribution in [2.75, 3.05) is 13.1 Å². The van der Waals surface area contributed by atoms with Crippen molar-refractivity contribution < 1.29 is 19.2 Å². The molecule has 11 heteroatoms. The number of nitrogens with zero attached hydrogens (tertiary/aromatic N) is 3. The predicted octanol–water partition coefficient (Wildman–Crippen LogP) is 4.88. The number of carbonyl (C=O) groups excluding carboxylic acids is 4. The number of aromatic amines is 1. The lowest BCUT2D eigenvalue weighted by molar-refractivity contribution is -0.142. The largest absolute Gasteiger partial charge is 0.348 e. The molecular formula is C40H45N7O4. The van der Waals surface area contributed by atoms with Crippen LogP contribution in [0.5, 0.6) is 0 Å². The molecule has 1 aliphatic carbocycles. The van der Waals surface area contributed by atoms with Crippen molar-refractivity contribution in [2.24, 2.45) is 11.7 Å². The van der Waals surface area contributed by atoms with E-state index < -0.39 is 18.1 Å². The highest BCUT2D eigenvalue weighted by atomic mass is 16.2. The average Bonchev–Trinajstić information content (AvgIpc) is 3.50. The van der Waals surface area contributed by atoms with Crippen molar-refractivity contribution >= 4 is 23.6 Å². The van der Waals surface area contributed by atoms with E-state index in [1.54, 1.807) is 11.1 Å². The summed E-state index contributed by atoms with van der Waals surface area (Å²) in [5, 5.41) is 6.08.